The van der Waals surface area contributed by atoms with Crippen molar-refractivity contribution < 1.29 is 80.2 Å². The van der Waals surface area contributed by atoms with Crippen molar-refractivity contribution in [3.05, 3.63) is 0 Å². The number of ether oxygens (including phenoxy) is 4. The number of carbonyl (C=O) groups is 4. The van der Waals surface area contributed by atoms with Crippen LogP contribution in [0.15, 0.2) is 0 Å². The number of hydrogen-bond acceptors (Lipinski definition) is 15. The van der Waals surface area contributed by atoms with Crippen molar-refractivity contribution in [3.63, 3.8) is 0 Å². The molecule has 6 atom stereocenters. The van der Waals surface area contributed by atoms with E-state index in [2.05, 4.69) is 55.4 Å². The summed E-state index contributed by atoms with van der Waals surface area (Å²) in [6, 6.07) is 0. The number of rotatable bonds is 71. The molecular formula is C74H144O17P2. The van der Waals surface area contributed by atoms with E-state index in [1.165, 1.54) is 167 Å². The third kappa shape index (κ3) is 67.0. The molecule has 0 aliphatic heterocycles. The van der Waals surface area contributed by atoms with Crippen molar-refractivity contribution >= 4 is 39.5 Å². The fraction of sp³-hybridized carbons (Fsp3) is 0.946. The maximum absolute atomic E-state index is 13.1. The topological polar surface area (TPSA) is 237 Å². The van der Waals surface area contributed by atoms with E-state index in [-0.39, 0.29) is 25.7 Å². The van der Waals surface area contributed by atoms with Crippen molar-refractivity contribution in [2.45, 2.75) is 388 Å². The highest BCUT2D eigenvalue weighted by Crippen LogP contribution is 2.45. The van der Waals surface area contributed by atoms with E-state index in [1.807, 2.05) is 0 Å². The van der Waals surface area contributed by atoms with Crippen LogP contribution in [0.2, 0.25) is 0 Å². The lowest BCUT2D eigenvalue weighted by Crippen LogP contribution is -2.30. The Hall–Kier alpha value is -1.94. The van der Waals surface area contributed by atoms with Gasteiger partial charge < -0.3 is 33.8 Å². The second kappa shape index (κ2) is 63.5. The summed E-state index contributed by atoms with van der Waals surface area (Å²) in [6.07, 6.45) is 47.3. The molecule has 0 bridgehead atoms. The van der Waals surface area contributed by atoms with Crippen LogP contribution in [0.5, 0.6) is 0 Å². The van der Waals surface area contributed by atoms with Gasteiger partial charge in [0.2, 0.25) is 0 Å². The fourth-order valence-corrected chi connectivity index (χ4v) is 12.7. The fourth-order valence-electron chi connectivity index (χ4n) is 11.2. The molecule has 3 unspecified atom stereocenters. The van der Waals surface area contributed by atoms with E-state index in [9.17, 15) is 43.2 Å². The molecule has 0 saturated carbocycles. The number of phosphoric acid groups is 2. The molecule has 0 spiro atoms. The average Bonchev–Trinajstić information content (AvgIpc) is 2.52. The summed E-state index contributed by atoms with van der Waals surface area (Å²) in [5.41, 5.74) is 0. The van der Waals surface area contributed by atoms with Crippen LogP contribution >= 0.6 is 15.6 Å². The lowest BCUT2D eigenvalue weighted by Gasteiger charge is -2.21. The van der Waals surface area contributed by atoms with Gasteiger partial charge in [-0.2, -0.15) is 0 Å². The first kappa shape index (κ1) is 91.1. The van der Waals surface area contributed by atoms with Crippen LogP contribution in [0.4, 0.5) is 0 Å². The molecule has 17 nitrogen and oxygen atoms in total. The van der Waals surface area contributed by atoms with Gasteiger partial charge in [0.1, 0.15) is 19.3 Å². The van der Waals surface area contributed by atoms with Crippen LogP contribution in [0.3, 0.4) is 0 Å². The molecule has 19 heteroatoms. The van der Waals surface area contributed by atoms with Crippen LogP contribution < -0.4 is 0 Å². The standard InChI is InChI=1S/C74H144O17P2/c1-9-67(8)53-45-37-28-24-25-29-38-46-54-71(76)84-60-69(90-73(78)56-48-40-30-22-18-13-11-10-12-16-20-26-34-42-50-64(2)3)62-88-92(80,81)86-58-68(75)59-87-93(82,83)89-63-70(61-85-72(77)55-47-39-33-32-36-44-52-66(6)7)91-74(79)57-49-41-31-23-19-15-14-17-21-27-35-43-51-65(4)5/h64-70,75H,9-63H2,1-8H3,(H,80,81)(H,82,83)/t67?,68-,69-,70-/m1/s1. The van der Waals surface area contributed by atoms with Gasteiger partial charge in [-0.15, -0.1) is 0 Å². The Morgan fingerprint density at radius 2 is 0.516 bits per heavy atom. The molecule has 0 aliphatic rings. The van der Waals surface area contributed by atoms with Crippen LogP contribution in [-0.4, -0.2) is 96.7 Å². The maximum Gasteiger partial charge on any atom is 0.472 e. The van der Waals surface area contributed by atoms with Crippen molar-refractivity contribution in [2.75, 3.05) is 39.6 Å². The zero-order valence-corrected chi connectivity index (χ0v) is 62.7. The SMILES string of the molecule is CCC(C)CCCCCCCCCCC(=O)OC[C@H](COP(=O)(O)OC[C@@H](O)COP(=O)(O)OC[C@@H](COC(=O)CCCCCCCCC(C)C)OC(=O)CCCCCCCCCCCCCCC(C)C)OC(=O)CCCCCCCCCCCCCCCCC(C)C. The van der Waals surface area contributed by atoms with Crippen molar-refractivity contribution in [2.24, 2.45) is 23.7 Å². The van der Waals surface area contributed by atoms with Gasteiger partial charge in [0.15, 0.2) is 12.2 Å². The molecule has 0 heterocycles. The summed E-state index contributed by atoms with van der Waals surface area (Å²) < 4.78 is 68.4. The predicted octanol–water partition coefficient (Wildman–Crippen LogP) is 21.3. The van der Waals surface area contributed by atoms with E-state index in [1.54, 1.807) is 0 Å². The highest BCUT2D eigenvalue weighted by Gasteiger charge is 2.30. The molecular weight excluding hydrogens is 1220 g/mol. The van der Waals surface area contributed by atoms with E-state index in [0.29, 0.717) is 31.6 Å². The predicted molar refractivity (Wildman–Crippen MR) is 377 cm³/mol. The van der Waals surface area contributed by atoms with Gasteiger partial charge in [-0.05, 0) is 49.4 Å². The molecule has 0 fully saturated rings. The third-order valence-corrected chi connectivity index (χ3v) is 19.3. The molecule has 93 heavy (non-hydrogen) atoms. The Morgan fingerprint density at radius 3 is 0.763 bits per heavy atom. The Labute approximate surface area is 568 Å². The summed E-state index contributed by atoms with van der Waals surface area (Å²) in [6.45, 7) is 14.1. The molecule has 0 rings (SSSR count). The van der Waals surface area contributed by atoms with Crippen LogP contribution in [0.1, 0.15) is 370 Å². The quantitative estimate of drug-likeness (QED) is 0.0222. The number of phosphoric ester groups is 2. The number of aliphatic hydroxyl groups excluding tert-OH is 1. The second-order valence-corrected chi connectivity index (χ2v) is 31.3. The first-order valence-electron chi connectivity index (χ1n) is 38.2. The summed E-state index contributed by atoms with van der Waals surface area (Å²) in [5.74, 6) is 0.903. The highest BCUT2D eigenvalue weighted by atomic mass is 31.2. The van der Waals surface area contributed by atoms with Gasteiger partial charge in [0, 0.05) is 25.7 Å². The Morgan fingerprint density at radius 1 is 0.301 bits per heavy atom. The minimum atomic E-state index is -4.96. The molecule has 0 saturated heterocycles. The van der Waals surface area contributed by atoms with E-state index >= 15 is 0 Å². The normalized spacial score (nSPS) is 14.5. The molecule has 0 aromatic heterocycles. The monoisotopic (exact) mass is 1370 g/mol. The minimum absolute atomic E-state index is 0.105. The van der Waals surface area contributed by atoms with E-state index < -0.39 is 97.5 Å². The molecule has 0 aromatic rings. The molecule has 552 valence electrons. The number of aliphatic hydroxyl groups is 1. The molecule has 0 amide bonds. The summed E-state index contributed by atoms with van der Waals surface area (Å²) in [7, 11) is -9.91. The minimum Gasteiger partial charge on any atom is -0.462 e. The van der Waals surface area contributed by atoms with Gasteiger partial charge in [-0.3, -0.25) is 37.3 Å². The Kier molecular flexibility index (Phi) is 62.2. The Balaban J connectivity index is 5.24. The summed E-state index contributed by atoms with van der Waals surface area (Å²) >= 11 is 0. The molecule has 0 aliphatic carbocycles. The lowest BCUT2D eigenvalue weighted by atomic mass is 9.99. The first-order valence-corrected chi connectivity index (χ1v) is 41.2. The van der Waals surface area contributed by atoms with Gasteiger partial charge in [-0.1, -0.05) is 319 Å². The average molecular weight is 1370 g/mol. The van der Waals surface area contributed by atoms with Crippen molar-refractivity contribution in [1.29, 1.82) is 0 Å². The number of unbranched alkanes of at least 4 members (excludes halogenated alkanes) is 36. The maximum atomic E-state index is 13.1. The second-order valence-electron chi connectivity index (χ2n) is 28.4. The highest BCUT2D eigenvalue weighted by molar-refractivity contribution is 7.47. The van der Waals surface area contributed by atoms with Gasteiger partial charge in [-0.25, -0.2) is 9.13 Å². The van der Waals surface area contributed by atoms with Crippen molar-refractivity contribution in [1.82, 2.24) is 0 Å². The summed E-state index contributed by atoms with van der Waals surface area (Å²) in [4.78, 5) is 72.7. The van der Waals surface area contributed by atoms with Gasteiger partial charge in [0.05, 0.1) is 26.4 Å². The van der Waals surface area contributed by atoms with E-state index in [0.717, 1.165) is 114 Å². The number of carbonyl (C=O) groups excluding carboxylic acids is 4. The Bertz CT molecular complexity index is 1840. The van der Waals surface area contributed by atoms with Gasteiger partial charge >= 0.3 is 39.5 Å². The largest absolute Gasteiger partial charge is 0.472 e. The van der Waals surface area contributed by atoms with Crippen LogP contribution in [0, 0.1) is 23.7 Å². The van der Waals surface area contributed by atoms with Crippen LogP contribution in [0.25, 0.3) is 0 Å². The lowest BCUT2D eigenvalue weighted by molar-refractivity contribution is -0.161. The molecule has 3 N–H and O–H groups in total. The third-order valence-electron chi connectivity index (χ3n) is 17.4. The number of hydrogen-bond donors (Lipinski definition) is 3. The van der Waals surface area contributed by atoms with Gasteiger partial charge in [0.25, 0.3) is 0 Å². The summed E-state index contributed by atoms with van der Waals surface area (Å²) in [5, 5.41) is 10.6. The first-order chi connectivity index (χ1) is 44.6. The smallest absolute Gasteiger partial charge is 0.462 e. The molecule has 0 radical (unpaired) electrons. The van der Waals surface area contributed by atoms with E-state index in [4.69, 9.17) is 37.0 Å². The van der Waals surface area contributed by atoms with Crippen LogP contribution in [-0.2, 0) is 65.4 Å². The van der Waals surface area contributed by atoms with Crippen molar-refractivity contribution in [3.8, 4) is 0 Å². The number of esters is 4. The zero-order valence-electron chi connectivity index (χ0n) is 60.9. The zero-order chi connectivity index (χ0) is 68.9. The molecule has 0 aromatic carbocycles.